The first-order valence-corrected chi connectivity index (χ1v) is 11.5. The van der Waals surface area contributed by atoms with Crippen molar-refractivity contribution < 1.29 is 14.3 Å². The molecular weight excluding hydrogens is 384 g/mol. The number of carbonyl (C=O) groups excluding carboxylic acids is 1. The molecule has 0 amide bonds. The molecule has 0 atom stereocenters. The van der Waals surface area contributed by atoms with Crippen LogP contribution in [0.2, 0.25) is 0 Å². The first-order valence-electron chi connectivity index (χ1n) is 11.5. The molecule has 0 spiro atoms. The number of aryl methyl sites for hydroxylation is 1. The van der Waals surface area contributed by atoms with E-state index in [9.17, 15) is 4.79 Å². The second-order valence-electron chi connectivity index (χ2n) is 7.36. The minimum Gasteiger partial charge on any atom is -0.454 e. The molecule has 2 aromatic rings. The zero-order chi connectivity index (χ0) is 22.7. The summed E-state index contributed by atoms with van der Waals surface area (Å²) in [6, 6.07) is 16.2. The minimum atomic E-state index is -0.273. The molecular formula is C28H36O3. The van der Waals surface area contributed by atoms with Gasteiger partial charge in [0, 0.05) is 6.42 Å². The van der Waals surface area contributed by atoms with Crippen molar-refractivity contribution in [2.24, 2.45) is 0 Å². The predicted molar refractivity (Wildman–Crippen MR) is 129 cm³/mol. The third-order valence-corrected chi connectivity index (χ3v) is 5.39. The zero-order valence-corrected chi connectivity index (χ0v) is 19.6. The molecule has 1 fully saturated rings. The van der Waals surface area contributed by atoms with E-state index in [-0.39, 0.29) is 12.2 Å². The number of carbonyl (C=O) groups is 1. The molecule has 2 aromatic carbocycles. The van der Waals surface area contributed by atoms with Crippen LogP contribution in [0.1, 0.15) is 64.5 Å². The van der Waals surface area contributed by atoms with Crippen LogP contribution in [0.3, 0.4) is 0 Å². The van der Waals surface area contributed by atoms with Crippen molar-refractivity contribution >= 4 is 5.78 Å². The van der Waals surface area contributed by atoms with Crippen LogP contribution in [-0.4, -0.2) is 12.6 Å². The Labute approximate surface area is 187 Å². The lowest BCUT2D eigenvalue weighted by molar-refractivity contribution is -0.120. The van der Waals surface area contributed by atoms with Gasteiger partial charge in [0.15, 0.2) is 11.5 Å². The number of ketones is 1. The fraction of sp³-hybridized carbons (Fsp3) is 0.393. The van der Waals surface area contributed by atoms with E-state index >= 15 is 0 Å². The van der Waals surface area contributed by atoms with E-state index in [0.717, 1.165) is 36.3 Å². The molecule has 0 saturated heterocycles. The molecule has 166 valence electrons. The average molecular weight is 421 g/mol. The van der Waals surface area contributed by atoms with Gasteiger partial charge in [-0.15, -0.1) is 0 Å². The summed E-state index contributed by atoms with van der Waals surface area (Å²) < 4.78 is 10.8. The lowest BCUT2D eigenvalue weighted by atomic mass is 9.87. The molecule has 3 heteroatoms. The van der Waals surface area contributed by atoms with E-state index in [1.807, 2.05) is 70.2 Å². The van der Waals surface area contributed by atoms with Gasteiger partial charge < -0.3 is 9.47 Å². The highest BCUT2D eigenvalue weighted by Crippen LogP contribution is 2.52. The summed E-state index contributed by atoms with van der Waals surface area (Å²) in [5, 5.41) is 0. The lowest BCUT2D eigenvalue weighted by Crippen LogP contribution is -2.20. The van der Waals surface area contributed by atoms with Crippen LogP contribution in [0.25, 0.3) is 0 Å². The summed E-state index contributed by atoms with van der Waals surface area (Å²) in [4.78, 5) is 12.6. The van der Waals surface area contributed by atoms with Gasteiger partial charge in [-0.25, -0.2) is 0 Å². The number of rotatable bonds is 4. The molecule has 0 unspecified atom stereocenters. The Hall–Kier alpha value is -2.81. The van der Waals surface area contributed by atoms with Crippen molar-refractivity contribution in [2.45, 2.75) is 65.7 Å². The second kappa shape index (κ2) is 12.1. The van der Waals surface area contributed by atoms with Crippen molar-refractivity contribution in [2.75, 3.05) is 6.79 Å². The van der Waals surface area contributed by atoms with Gasteiger partial charge in [0.1, 0.15) is 5.78 Å². The SMILES string of the molecule is CC.CC.Cc1ccccc1.O=C(CC1=CC=CC1)C1(c2ccc3c(c2)OCO3)CC1. The molecule has 0 radical (unpaired) electrons. The van der Waals surface area contributed by atoms with Crippen molar-refractivity contribution in [3.05, 3.63) is 83.5 Å². The van der Waals surface area contributed by atoms with Gasteiger partial charge in [0.05, 0.1) is 5.41 Å². The highest BCUT2D eigenvalue weighted by molar-refractivity contribution is 5.95. The standard InChI is InChI=1S/C17H16O3.C7H8.2C2H6/c18-16(9-12-3-1-2-4-12)17(7-8-17)13-5-6-14-15(10-13)20-11-19-14;1-7-5-3-2-4-6-7;2*1-2/h1-3,5-6,10H,4,7-9,11H2;2-6H,1H3;2*1-2H3. The predicted octanol–water partition coefficient (Wildman–Crippen LogP) is 7.34. The Morgan fingerprint density at radius 1 is 0.935 bits per heavy atom. The highest BCUT2D eigenvalue weighted by atomic mass is 16.7. The topological polar surface area (TPSA) is 35.5 Å². The Balaban J connectivity index is 0.000000261. The normalized spacial score (nSPS) is 15.8. The second-order valence-corrected chi connectivity index (χ2v) is 7.36. The largest absolute Gasteiger partial charge is 0.454 e. The van der Waals surface area contributed by atoms with E-state index < -0.39 is 0 Å². The molecule has 1 heterocycles. The van der Waals surface area contributed by atoms with E-state index in [2.05, 4.69) is 31.2 Å². The summed E-state index contributed by atoms with van der Waals surface area (Å²) in [6.45, 7) is 10.4. The average Bonchev–Trinajstić information content (AvgIpc) is 3.23. The summed E-state index contributed by atoms with van der Waals surface area (Å²) >= 11 is 0. The Morgan fingerprint density at radius 3 is 2.16 bits per heavy atom. The van der Waals surface area contributed by atoms with Crippen molar-refractivity contribution in [3.8, 4) is 11.5 Å². The van der Waals surface area contributed by atoms with Gasteiger partial charge in [0.25, 0.3) is 0 Å². The molecule has 1 saturated carbocycles. The zero-order valence-electron chi connectivity index (χ0n) is 19.6. The van der Waals surface area contributed by atoms with Gasteiger partial charge in [0.2, 0.25) is 6.79 Å². The molecule has 0 N–H and O–H groups in total. The number of hydrogen-bond acceptors (Lipinski definition) is 3. The van der Waals surface area contributed by atoms with Gasteiger partial charge >= 0.3 is 0 Å². The first kappa shape index (κ1) is 24.5. The quantitative estimate of drug-likeness (QED) is 0.519. The van der Waals surface area contributed by atoms with Crippen LogP contribution in [0.4, 0.5) is 0 Å². The molecule has 3 nitrogen and oxygen atoms in total. The Bertz CT molecular complexity index is 890. The molecule has 3 aliphatic rings. The first-order chi connectivity index (χ1) is 15.2. The third kappa shape index (κ3) is 6.33. The molecule has 0 aromatic heterocycles. The third-order valence-electron chi connectivity index (χ3n) is 5.39. The van der Waals surface area contributed by atoms with Crippen molar-refractivity contribution in [1.82, 2.24) is 0 Å². The van der Waals surface area contributed by atoms with E-state index in [1.165, 1.54) is 11.1 Å². The monoisotopic (exact) mass is 420 g/mol. The minimum absolute atomic E-state index is 0.273. The van der Waals surface area contributed by atoms with Gasteiger partial charge in [-0.1, -0.05) is 93.5 Å². The van der Waals surface area contributed by atoms with Crippen LogP contribution >= 0.6 is 0 Å². The van der Waals surface area contributed by atoms with Crippen LogP contribution in [-0.2, 0) is 10.2 Å². The Morgan fingerprint density at radius 2 is 1.61 bits per heavy atom. The van der Waals surface area contributed by atoms with E-state index in [1.54, 1.807) is 0 Å². The van der Waals surface area contributed by atoms with Gasteiger partial charge in [-0.3, -0.25) is 4.79 Å². The van der Waals surface area contributed by atoms with Crippen LogP contribution in [0.5, 0.6) is 11.5 Å². The number of ether oxygens (including phenoxy) is 2. The Kier molecular flexibility index (Phi) is 9.58. The summed E-state index contributed by atoms with van der Waals surface area (Å²) in [7, 11) is 0. The van der Waals surface area contributed by atoms with Crippen LogP contribution in [0.15, 0.2) is 72.3 Å². The number of hydrogen-bond donors (Lipinski definition) is 0. The van der Waals surface area contributed by atoms with Crippen molar-refractivity contribution in [1.29, 1.82) is 0 Å². The number of fused-ring (bicyclic) bond motifs is 1. The highest BCUT2D eigenvalue weighted by Gasteiger charge is 2.50. The van der Waals surface area contributed by atoms with Crippen LogP contribution < -0.4 is 9.47 Å². The molecule has 31 heavy (non-hydrogen) atoms. The summed E-state index contributed by atoms with van der Waals surface area (Å²) in [5.41, 5.74) is 3.35. The number of benzene rings is 2. The molecule has 5 rings (SSSR count). The maximum Gasteiger partial charge on any atom is 0.231 e. The fourth-order valence-electron chi connectivity index (χ4n) is 3.58. The van der Waals surface area contributed by atoms with Gasteiger partial charge in [-0.05, 0) is 43.9 Å². The number of allylic oxidation sites excluding steroid dienone is 4. The smallest absolute Gasteiger partial charge is 0.231 e. The van der Waals surface area contributed by atoms with Crippen molar-refractivity contribution in [3.63, 3.8) is 0 Å². The number of Topliss-reactive ketones (excluding diaryl/α,β-unsaturated/α-hetero) is 1. The van der Waals surface area contributed by atoms with E-state index in [4.69, 9.17) is 9.47 Å². The fourth-order valence-corrected chi connectivity index (χ4v) is 3.58. The summed E-state index contributed by atoms with van der Waals surface area (Å²) in [6.07, 6.45) is 9.59. The van der Waals surface area contributed by atoms with Gasteiger partial charge in [-0.2, -0.15) is 0 Å². The van der Waals surface area contributed by atoms with E-state index in [0.29, 0.717) is 12.2 Å². The lowest BCUT2D eigenvalue weighted by Gasteiger charge is -2.15. The molecule has 1 aliphatic heterocycles. The maximum absolute atomic E-state index is 12.6. The molecule has 0 bridgehead atoms. The molecule has 2 aliphatic carbocycles. The summed E-state index contributed by atoms with van der Waals surface area (Å²) in [5.74, 6) is 1.88. The maximum atomic E-state index is 12.6. The van der Waals surface area contributed by atoms with Crippen LogP contribution in [0, 0.1) is 6.92 Å².